The number of H-pyrrole nitrogens is 1. The van der Waals surface area contributed by atoms with Gasteiger partial charge in [-0.05, 0) is 38.1 Å². The lowest BCUT2D eigenvalue weighted by atomic mass is 10.2. The first-order valence-corrected chi connectivity index (χ1v) is 9.75. The van der Waals surface area contributed by atoms with Gasteiger partial charge in [0, 0.05) is 34.8 Å². The maximum absolute atomic E-state index is 13.2. The summed E-state index contributed by atoms with van der Waals surface area (Å²) in [6.07, 6.45) is -3.73. The number of carboxylic acid groups (broad SMARTS) is 1. The van der Waals surface area contributed by atoms with E-state index in [0.29, 0.717) is 33.7 Å². The zero-order valence-electron chi connectivity index (χ0n) is 17.3. The molecule has 2 aromatic heterocycles. The number of imidazole rings is 1. The maximum Gasteiger partial charge on any atom is 0.586 e. The number of amides is 1. The standard InChI is InChI=1S/C22H16F2N4O5/c1-10-6-14(20(30)31)11(2)28(10)13-5-3-4-12(7-13)19(29)27-21-25-15-8-17-18(9-16(15)26-21)33-22(23,24)32-17/h3-9H,1-2H3,(H,30,31)(H2,25,26,27,29). The second-order valence-electron chi connectivity index (χ2n) is 7.50. The molecule has 0 unspecified atom stereocenters. The van der Waals surface area contributed by atoms with Crippen LogP contribution in [0.4, 0.5) is 14.7 Å². The third-order valence-electron chi connectivity index (χ3n) is 5.26. The van der Waals surface area contributed by atoms with Crippen LogP contribution in [0.1, 0.15) is 32.1 Å². The Bertz CT molecular complexity index is 1410. The lowest BCUT2D eigenvalue weighted by Gasteiger charge is -2.11. The Morgan fingerprint density at radius 3 is 2.55 bits per heavy atom. The van der Waals surface area contributed by atoms with Crippen LogP contribution in [0.25, 0.3) is 16.7 Å². The molecule has 0 atom stereocenters. The van der Waals surface area contributed by atoms with Crippen LogP contribution in [0.15, 0.2) is 42.5 Å². The number of aromatic nitrogens is 3. The van der Waals surface area contributed by atoms with E-state index in [4.69, 9.17) is 0 Å². The number of aromatic amines is 1. The van der Waals surface area contributed by atoms with Crippen molar-refractivity contribution in [2.75, 3.05) is 5.32 Å². The number of alkyl halides is 2. The Morgan fingerprint density at radius 1 is 1.12 bits per heavy atom. The minimum Gasteiger partial charge on any atom is -0.478 e. The summed E-state index contributed by atoms with van der Waals surface area (Å²) in [7, 11) is 0. The number of anilines is 1. The van der Waals surface area contributed by atoms with Crippen LogP contribution in [0, 0.1) is 13.8 Å². The number of hydrogen-bond donors (Lipinski definition) is 3. The molecule has 0 radical (unpaired) electrons. The minimum absolute atomic E-state index is 0.109. The summed E-state index contributed by atoms with van der Waals surface area (Å²) in [5, 5.41) is 12.0. The fourth-order valence-electron chi connectivity index (χ4n) is 3.86. The van der Waals surface area contributed by atoms with Gasteiger partial charge in [-0.2, -0.15) is 0 Å². The Balaban J connectivity index is 1.41. The number of aromatic carboxylic acids is 1. The van der Waals surface area contributed by atoms with Gasteiger partial charge in [-0.15, -0.1) is 8.78 Å². The first-order chi connectivity index (χ1) is 15.6. The molecule has 0 fully saturated rings. The molecule has 4 aromatic rings. The molecule has 0 aliphatic carbocycles. The summed E-state index contributed by atoms with van der Waals surface area (Å²) < 4.78 is 37.0. The summed E-state index contributed by atoms with van der Waals surface area (Å²) in [5.41, 5.74) is 3.05. The fourth-order valence-corrected chi connectivity index (χ4v) is 3.86. The van der Waals surface area contributed by atoms with E-state index in [2.05, 4.69) is 24.8 Å². The van der Waals surface area contributed by atoms with E-state index in [-0.39, 0.29) is 23.0 Å². The van der Waals surface area contributed by atoms with Crippen LogP contribution < -0.4 is 14.8 Å². The van der Waals surface area contributed by atoms with Crippen molar-refractivity contribution in [3.8, 4) is 17.2 Å². The summed E-state index contributed by atoms with van der Waals surface area (Å²) in [5.74, 6) is -1.68. The number of carboxylic acids is 1. The molecule has 11 heteroatoms. The Hall–Kier alpha value is -4.41. The first kappa shape index (κ1) is 20.5. The molecule has 0 bridgehead atoms. The molecule has 9 nitrogen and oxygen atoms in total. The van der Waals surface area contributed by atoms with Crippen LogP contribution in [0.5, 0.6) is 11.5 Å². The van der Waals surface area contributed by atoms with Crippen LogP contribution >= 0.6 is 0 Å². The number of carbonyl (C=O) groups excluding carboxylic acids is 1. The number of ether oxygens (including phenoxy) is 2. The molecule has 2 aromatic carbocycles. The molecule has 168 valence electrons. The van der Waals surface area contributed by atoms with Gasteiger partial charge in [0.15, 0.2) is 11.5 Å². The van der Waals surface area contributed by atoms with Crippen LogP contribution in [0.2, 0.25) is 0 Å². The number of fused-ring (bicyclic) bond motifs is 2. The highest BCUT2D eigenvalue weighted by Gasteiger charge is 2.43. The van der Waals surface area contributed by atoms with Crippen molar-refractivity contribution in [1.82, 2.24) is 14.5 Å². The summed E-state index contributed by atoms with van der Waals surface area (Å²) in [6, 6.07) is 10.8. The predicted octanol–water partition coefficient (Wildman–Crippen LogP) is 4.24. The minimum atomic E-state index is -3.73. The van der Waals surface area contributed by atoms with Gasteiger partial charge in [0.2, 0.25) is 5.95 Å². The van der Waals surface area contributed by atoms with Crippen molar-refractivity contribution >= 4 is 28.9 Å². The van der Waals surface area contributed by atoms with E-state index in [9.17, 15) is 23.5 Å². The van der Waals surface area contributed by atoms with Gasteiger partial charge in [-0.25, -0.2) is 9.78 Å². The van der Waals surface area contributed by atoms with Gasteiger partial charge in [0.1, 0.15) is 0 Å². The lowest BCUT2D eigenvalue weighted by molar-refractivity contribution is -0.286. The smallest absolute Gasteiger partial charge is 0.478 e. The molecule has 1 aliphatic heterocycles. The Kier molecular flexibility index (Phi) is 4.38. The summed E-state index contributed by atoms with van der Waals surface area (Å²) in [4.78, 5) is 31.3. The highest BCUT2D eigenvalue weighted by molar-refractivity contribution is 6.04. The molecule has 0 saturated carbocycles. The lowest BCUT2D eigenvalue weighted by Crippen LogP contribution is -2.25. The quantitative estimate of drug-likeness (QED) is 0.424. The number of rotatable bonds is 4. The van der Waals surface area contributed by atoms with Crippen molar-refractivity contribution in [1.29, 1.82) is 0 Å². The third kappa shape index (κ3) is 3.53. The van der Waals surface area contributed by atoms with Gasteiger partial charge in [-0.3, -0.25) is 10.1 Å². The predicted molar refractivity (Wildman–Crippen MR) is 112 cm³/mol. The molecule has 0 saturated heterocycles. The molecular formula is C22H16F2N4O5. The summed E-state index contributed by atoms with van der Waals surface area (Å²) in [6.45, 7) is 3.47. The topological polar surface area (TPSA) is 118 Å². The largest absolute Gasteiger partial charge is 0.586 e. The number of aryl methyl sites for hydroxylation is 1. The van der Waals surface area contributed by atoms with Gasteiger partial charge in [-0.1, -0.05) is 6.07 Å². The van der Waals surface area contributed by atoms with Crippen LogP contribution in [-0.4, -0.2) is 37.8 Å². The van der Waals surface area contributed by atoms with Crippen LogP contribution in [0.3, 0.4) is 0 Å². The molecule has 33 heavy (non-hydrogen) atoms. The van der Waals surface area contributed by atoms with E-state index in [0.717, 1.165) is 0 Å². The van der Waals surface area contributed by atoms with E-state index < -0.39 is 18.2 Å². The molecule has 3 heterocycles. The number of hydrogen-bond acceptors (Lipinski definition) is 5. The number of benzene rings is 2. The van der Waals surface area contributed by atoms with Gasteiger partial charge in [0.05, 0.1) is 16.6 Å². The van der Waals surface area contributed by atoms with Gasteiger partial charge >= 0.3 is 12.3 Å². The fraction of sp³-hybridized carbons (Fsp3) is 0.136. The van der Waals surface area contributed by atoms with Crippen molar-refractivity contribution in [3.63, 3.8) is 0 Å². The monoisotopic (exact) mass is 454 g/mol. The number of halogens is 2. The molecule has 1 aliphatic rings. The zero-order valence-corrected chi connectivity index (χ0v) is 17.3. The van der Waals surface area contributed by atoms with E-state index in [1.807, 2.05) is 0 Å². The average molecular weight is 454 g/mol. The number of nitrogens with zero attached hydrogens (tertiary/aromatic N) is 2. The summed E-state index contributed by atoms with van der Waals surface area (Å²) >= 11 is 0. The zero-order chi connectivity index (χ0) is 23.5. The van der Waals surface area contributed by atoms with Gasteiger partial charge < -0.3 is 24.1 Å². The van der Waals surface area contributed by atoms with Crippen molar-refractivity contribution in [3.05, 3.63) is 65.0 Å². The van der Waals surface area contributed by atoms with E-state index in [1.165, 1.54) is 12.1 Å². The molecule has 1 amide bonds. The van der Waals surface area contributed by atoms with Crippen molar-refractivity contribution in [2.24, 2.45) is 0 Å². The molecule has 0 spiro atoms. The Labute approximate surface area is 184 Å². The maximum atomic E-state index is 13.2. The Morgan fingerprint density at radius 2 is 1.85 bits per heavy atom. The second kappa shape index (κ2) is 7.05. The first-order valence-electron chi connectivity index (χ1n) is 9.75. The van der Waals surface area contributed by atoms with Crippen molar-refractivity contribution in [2.45, 2.75) is 20.1 Å². The van der Waals surface area contributed by atoms with E-state index >= 15 is 0 Å². The third-order valence-corrected chi connectivity index (χ3v) is 5.26. The molecular weight excluding hydrogens is 438 g/mol. The van der Waals surface area contributed by atoms with Crippen molar-refractivity contribution < 1.29 is 33.0 Å². The highest BCUT2D eigenvalue weighted by Crippen LogP contribution is 2.42. The molecule has 5 rings (SSSR count). The number of nitrogens with one attached hydrogen (secondary N) is 2. The van der Waals surface area contributed by atoms with Gasteiger partial charge in [0.25, 0.3) is 5.91 Å². The second-order valence-corrected chi connectivity index (χ2v) is 7.50. The van der Waals surface area contributed by atoms with Crippen LogP contribution in [-0.2, 0) is 0 Å². The van der Waals surface area contributed by atoms with E-state index in [1.54, 1.807) is 48.7 Å². The SMILES string of the molecule is Cc1cc(C(=O)O)c(C)n1-c1cccc(C(=O)Nc2nc3cc4c(cc3[nH]2)OC(F)(F)O4)c1. The highest BCUT2D eigenvalue weighted by atomic mass is 19.3. The number of carbonyl (C=O) groups is 2. The normalized spacial score (nSPS) is 13.9. The average Bonchev–Trinajstić information content (AvgIpc) is 3.36. The molecule has 3 N–H and O–H groups in total.